The first-order valence-corrected chi connectivity index (χ1v) is 7.47. The topological polar surface area (TPSA) is 26.3 Å². The first kappa shape index (κ1) is 15.7. The number of rotatable bonds is 9. The second kappa shape index (κ2) is 8.73. The van der Waals surface area contributed by atoms with Gasteiger partial charge in [-0.15, -0.1) is 0 Å². The van der Waals surface area contributed by atoms with E-state index < -0.39 is 0 Å². The summed E-state index contributed by atoms with van der Waals surface area (Å²) in [4.78, 5) is 11.5. The highest BCUT2D eigenvalue weighted by Gasteiger charge is 2.06. The fourth-order valence-electron chi connectivity index (χ4n) is 2.07. The molecule has 2 nitrogen and oxygen atoms in total. The molecule has 0 radical (unpaired) electrons. The molecule has 0 aliphatic carbocycles. The lowest BCUT2D eigenvalue weighted by Crippen LogP contribution is -2.11. The van der Waals surface area contributed by atoms with E-state index in [0.29, 0.717) is 6.42 Å². The zero-order chi connectivity index (χ0) is 14.1. The number of hydrogen-bond donors (Lipinski definition) is 0. The number of ether oxygens (including phenoxy) is 1. The molecular weight excluding hydrogens is 236 g/mol. The van der Waals surface area contributed by atoms with Crippen LogP contribution in [0.4, 0.5) is 0 Å². The number of carbonyl (C=O) groups is 1. The number of benzene rings is 1. The molecule has 1 atom stereocenters. The van der Waals surface area contributed by atoms with E-state index in [0.717, 1.165) is 17.7 Å². The highest BCUT2D eigenvalue weighted by atomic mass is 16.5. The van der Waals surface area contributed by atoms with Crippen LogP contribution in [0.1, 0.15) is 69.7 Å². The van der Waals surface area contributed by atoms with E-state index >= 15 is 0 Å². The summed E-state index contributed by atoms with van der Waals surface area (Å²) in [6.07, 6.45) is 6.96. The molecule has 0 aliphatic heterocycles. The number of unbranched alkanes of at least 4 members (excludes halogenated alkanes) is 3. The maximum Gasteiger partial charge on any atom is 0.162 e. The SMILES string of the molecule is CCCCCCC(C)Oc1ccc(C(=O)CC)cc1. The molecule has 0 spiro atoms. The molecule has 0 heterocycles. The molecule has 1 aromatic carbocycles. The molecule has 1 unspecified atom stereocenters. The lowest BCUT2D eigenvalue weighted by molar-refractivity contribution is 0.0988. The van der Waals surface area contributed by atoms with Crippen LogP contribution in [-0.2, 0) is 0 Å². The number of ketones is 1. The van der Waals surface area contributed by atoms with Gasteiger partial charge in [0.25, 0.3) is 0 Å². The van der Waals surface area contributed by atoms with Crippen LogP contribution in [0.25, 0.3) is 0 Å². The highest BCUT2D eigenvalue weighted by molar-refractivity contribution is 5.95. The van der Waals surface area contributed by atoms with Crippen molar-refractivity contribution < 1.29 is 9.53 Å². The molecule has 0 aromatic heterocycles. The van der Waals surface area contributed by atoms with E-state index in [2.05, 4.69) is 13.8 Å². The van der Waals surface area contributed by atoms with Crippen LogP contribution in [0, 0.1) is 0 Å². The molecule has 0 aliphatic rings. The quantitative estimate of drug-likeness (QED) is 0.461. The molecule has 0 bridgehead atoms. The molecule has 0 saturated heterocycles. The molecule has 0 saturated carbocycles. The predicted octanol–water partition coefficient (Wildman–Crippen LogP) is 5.02. The van der Waals surface area contributed by atoms with Gasteiger partial charge in [0.05, 0.1) is 6.10 Å². The summed E-state index contributed by atoms with van der Waals surface area (Å²) >= 11 is 0. The van der Waals surface area contributed by atoms with Crippen molar-refractivity contribution in [2.45, 2.75) is 65.4 Å². The van der Waals surface area contributed by atoms with Gasteiger partial charge < -0.3 is 4.74 Å². The van der Waals surface area contributed by atoms with E-state index in [1.807, 2.05) is 31.2 Å². The maximum absolute atomic E-state index is 11.5. The molecule has 0 fully saturated rings. The van der Waals surface area contributed by atoms with Crippen LogP contribution in [-0.4, -0.2) is 11.9 Å². The van der Waals surface area contributed by atoms with Gasteiger partial charge in [-0.2, -0.15) is 0 Å². The Balaban J connectivity index is 2.38. The first-order valence-electron chi connectivity index (χ1n) is 7.47. The molecule has 19 heavy (non-hydrogen) atoms. The number of hydrogen-bond acceptors (Lipinski definition) is 2. The molecule has 1 aromatic rings. The average Bonchev–Trinajstić information content (AvgIpc) is 2.43. The van der Waals surface area contributed by atoms with Crippen molar-refractivity contribution in [3.05, 3.63) is 29.8 Å². The van der Waals surface area contributed by atoms with Gasteiger partial charge in [-0.25, -0.2) is 0 Å². The van der Waals surface area contributed by atoms with Gasteiger partial charge in [-0.05, 0) is 44.0 Å². The Morgan fingerprint density at radius 3 is 2.37 bits per heavy atom. The van der Waals surface area contributed by atoms with Gasteiger partial charge >= 0.3 is 0 Å². The number of carbonyl (C=O) groups excluding carboxylic acids is 1. The third kappa shape index (κ3) is 5.91. The van der Waals surface area contributed by atoms with E-state index in [4.69, 9.17) is 4.74 Å². The van der Waals surface area contributed by atoms with Gasteiger partial charge in [0, 0.05) is 12.0 Å². The van der Waals surface area contributed by atoms with Crippen LogP contribution in [0.5, 0.6) is 5.75 Å². The van der Waals surface area contributed by atoms with Gasteiger partial charge in [0.2, 0.25) is 0 Å². The highest BCUT2D eigenvalue weighted by Crippen LogP contribution is 2.17. The van der Waals surface area contributed by atoms with Gasteiger partial charge in [-0.1, -0.05) is 33.1 Å². The third-order valence-electron chi connectivity index (χ3n) is 3.30. The Hall–Kier alpha value is -1.31. The third-order valence-corrected chi connectivity index (χ3v) is 3.30. The Morgan fingerprint density at radius 1 is 1.11 bits per heavy atom. The zero-order valence-electron chi connectivity index (χ0n) is 12.4. The van der Waals surface area contributed by atoms with Crippen molar-refractivity contribution in [1.29, 1.82) is 0 Å². The summed E-state index contributed by atoms with van der Waals surface area (Å²) < 4.78 is 5.85. The normalized spacial score (nSPS) is 12.2. The van der Waals surface area contributed by atoms with Gasteiger partial charge in [0.15, 0.2) is 5.78 Å². The van der Waals surface area contributed by atoms with Crippen molar-refractivity contribution in [2.75, 3.05) is 0 Å². The van der Waals surface area contributed by atoms with Crippen LogP contribution in [0.3, 0.4) is 0 Å². The van der Waals surface area contributed by atoms with Crippen LogP contribution in [0.2, 0.25) is 0 Å². The fourth-order valence-corrected chi connectivity index (χ4v) is 2.07. The van der Waals surface area contributed by atoms with E-state index in [1.54, 1.807) is 0 Å². The second-order valence-electron chi connectivity index (χ2n) is 5.08. The standard InChI is InChI=1S/C17H26O2/c1-4-6-7-8-9-14(3)19-16-12-10-15(11-13-16)17(18)5-2/h10-14H,4-9H2,1-3H3. The van der Waals surface area contributed by atoms with Crippen molar-refractivity contribution >= 4 is 5.78 Å². The lowest BCUT2D eigenvalue weighted by atomic mass is 10.1. The first-order chi connectivity index (χ1) is 9.17. The minimum atomic E-state index is 0.180. The van der Waals surface area contributed by atoms with Crippen LogP contribution >= 0.6 is 0 Å². The van der Waals surface area contributed by atoms with E-state index in [-0.39, 0.29) is 11.9 Å². The lowest BCUT2D eigenvalue weighted by Gasteiger charge is -2.14. The zero-order valence-corrected chi connectivity index (χ0v) is 12.4. The maximum atomic E-state index is 11.5. The minimum Gasteiger partial charge on any atom is -0.491 e. The Bertz CT molecular complexity index is 367. The summed E-state index contributed by atoms with van der Waals surface area (Å²) in [6, 6.07) is 7.49. The molecular formula is C17H26O2. The molecule has 0 N–H and O–H groups in total. The fraction of sp³-hybridized carbons (Fsp3) is 0.588. The Kier molecular flexibility index (Phi) is 7.24. The van der Waals surface area contributed by atoms with Crippen molar-refractivity contribution in [3.8, 4) is 5.75 Å². The summed E-state index contributed by atoms with van der Waals surface area (Å²) in [6.45, 7) is 6.21. The largest absolute Gasteiger partial charge is 0.491 e. The molecule has 106 valence electrons. The minimum absolute atomic E-state index is 0.180. The Morgan fingerprint density at radius 2 is 1.79 bits per heavy atom. The smallest absolute Gasteiger partial charge is 0.162 e. The van der Waals surface area contributed by atoms with Crippen LogP contribution < -0.4 is 4.74 Å². The predicted molar refractivity (Wildman–Crippen MR) is 79.9 cm³/mol. The second-order valence-corrected chi connectivity index (χ2v) is 5.08. The molecule has 2 heteroatoms. The summed E-state index contributed by atoms with van der Waals surface area (Å²) in [5, 5.41) is 0. The van der Waals surface area contributed by atoms with E-state index in [9.17, 15) is 4.79 Å². The number of Topliss-reactive ketones (excluding diaryl/α,β-unsaturated/α-hetero) is 1. The van der Waals surface area contributed by atoms with Crippen LogP contribution in [0.15, 0.2) is 24.3 Å². The summed E-state index contributed by atoms with van der Waals surface area (Å²) in [5.74, 6) is 1.04. The van der Waals surface area contributed by atoms with Crippen molar-refractivity contribution in [1.82, 2.24) is 0 Å². The van der Waals surface area contributed by atoms with Gasteiger partial charge in [0.1, 0.15) is 5.75 Å². The molecule has 0 amide bonds. The summed E-state index contributed by atoms with van der Waals surface area (Å²) in [5.41, 5.74) is 0.769. The average molecular weight is 262 g/mol. The van der Waals surface area contributed by atoms with E-state index in [1.165, 1.54) is 25.7 Å². The summed E-state index contributed by atoms with van der Waals surface area (Å²) in [7, 11) is 0. The Labute approximate surface area is 117 Å². The monoisotopic (exact) mass is 262 g/mol. The van der Waals surface area contributed by atoms with Gasteiger partial charge in [-0.3, -0.25) is 4.79 Å². The molecule has 1 rings (SSSR count). The van der Waals surface area contributed by atoms with Crippen molar-refractivity contribution in [2.24, 2.45) is 0 Å². The van der Waals surface area contributed by atoms with Crippen molar-refractivity contribution in [3.63, 3.8) is 0 Å².